The fraction of sp³-hybridized carbons (Fsp3) is 0.556. The van der Waals surface area contributed by atoms with Crippen LogP contribution >= 0.6 is 11.6 Å². The van der Waals surface area contributed by atoms with Crippen LogP contribution in [0.15, 0.2) is 48.6 Å². The van der Waals surface area contributed by atoms with Crippen LogP contribution < -0.4 is 14.4 Å². The Hall–Kier alpha value is -3.04. The number of anilines is 1. The summed E-state index contributed by atoms with van der Waals surface area (Å²) in [5.74, 6) is 0.287. The third kappa shape index (κ3) is 6.05. The van der Waals surface area contributed by atoms with Gasteiger partial charge in [0.15, 0.2) is 0 Å². The highest BCUT2D eigenvalue weighted by Gasteiger charge is 2.45. The molecule has 3 aliphatic carbocycles. The molecule has 2 aromatic rings. The van der Waals surface area contributed by atoms with Crippen LogP contribution in [0.1, 0.15) is 80.3 Å². The SMILES string of the molecule is CC(=O)O[C@H]1/C=C\C[C@@H](C2CC2)[C@H](C)S(=O)(=O)NC(=O)c2ccc3c(c2)N(C[C@@H]2CC[C@H]21)C[C@@]1(CCCc2cc(Cl)ccc21)CO3. The summed E-state index contributed by atoms with van der Waals surface area (Å²) in [5.41, 5.74) is 3.27. The summed E-state index contributed by atoms with van der Waals surface area (Å²) in [4.78, 5) is 28.2. The molecule has 2 heterocycles. The van der Waals surface area contributed by atoms with Crippen LogP contribution in [-0.2, 0) is 31.4 Å². The lowest BCUT2D eigenvalue weighted by Crippen LogP contribution is -2.50. The van der Waals surface area contributed by atoms with Gasteiger partial charge in [0.2, 0.25) is 10.0 Å². The summed E-state index contributed by atoms with van der Waals surface area (Å²) >= 11 is 6.42. The number of benzene rings is 2. The Bertz CT molecular complexity index is 1670. The second-order valence-electron chi connectivity index (χ2n) is 14.2. The van der Waals surface area contributed by atoms with Crippen molar-refractivity contribution in [1.82, 2.24) is 4.72 Å². The molecule has 2 bridgehead atoms. The van der Waals surface area contributed by atoms with Crippen molar-refractivity contribution in [3.63, 3.8) is 0 Å². The maximum atomic E-state index is 13.6. The Balaban J connectivity index is 1.30. The van der Waals surface area contributed by atoms with Gasteiger partial charge < -0.3 is 14.4 Å². The van der Waals surface area contributed by atoms with Gasteiger partial charge in [-0.25, -0.2) is 13.1 Å². The van der Waals surface area contributed by atoms with Gasteiger partial charge in [-0.3, -0.25) is 9.59 Å². The normalized spacial score (nSPS) is 32.9. The second-order valence-corrected chi connectivity index (χ2v) is 16.7. The van der Waals surface area contributed by atoms with Crippen LogP contribution in [0.4, 0.5) is 5.69 Å². The maximum absolute atomic E-state index is 13.6. The summed E-state index contributed by atoms with van der Waals surface area (Å²) in [7, 11) is -3.96. The summed E-state index contributed by atoms with van der Waals surface area (Å²) in [5, 5.41) is -0.0329. The Labute approximate surface area is 276 Å². The van der Waals surface area contributed by atoms with Crippen molar-refractivity contribution in [2.45, 2.75) is 82.0 Å². The van der Waals surface area contributed by atoms with E-state index in [-0.39, 0.29) is 40.8 Å². The molecule has 0 aromatic heterocycles. The van der Waals surface area contributed by atoms with Crippen LogP contribution in [0, 0.1) is 23.7 Å². The van der Waals surface area contributed by atoms with Crippen molar-refractivity contribution < 1.29 is 27.5 Å². The molecule has 8 nitrogen and oxygen atoms in total. The molecule has 1 spiro atoms. The predicted molar refractivity (Wildman–Crippen MR) is 178 cm³/mol. The smallest absolute Gasteiger partial charge is 0.303 e. The van der Waals surface area contributed by atoms with Crippen molar-refractivity contribution in [3.05, 3.63) is 70.3 Å². The van der Waals surface area contributed by atoms with Gasteiger partial charge in [0, 0.05) is 41.9 Å². The second kappa shape index (κ2) is 12.2. The molecule has 5 aliphatic rings. The van der Waals surface area contributed by atoms with Crippen LogP contribution in [0.2, 0.25) is 5.02 Å². The number of carbonyl (C=O) groups excluding carboxylic acids is 2. The molecule has 6 atom stereocenters. The first-order valence-corrected chi connectivity index (χ1v) is 18.7. The number of amides is 1. The van der Waals surface area contributed by atoms with Crippen LogP contribution in [0.5, 0.6) is 5.75 Å². The topological polar surface area (TPSA) is 102 Å². The molecule has 2 saturated carbocycles. The molecule has 10 heteroatoms. The number of hydrogen-bond acceptors (Lipinski definition) is 7. The number of carbonyl (C=O) groups is 2. The van der Waals surface area contributed by atoms with E-state index in [1.807, 2.05) is 18.2 Å². The minimum Gasteiger partial charge on any atom is -0.490 e. The number of nitrogens with one attached hydrogen (secondary N) is 1. The van der Waals surface area contributed by atoms with E-state index in [4.69, 9.17) is 21.1 Å². The number of hydrogen-bond donors (Lipinski definition) is 1. The summed E-state index contributed by atoms with van der Waals surface area (Å²) in [6, 6.07) is 11.4. The van der Waals surface area contributed by atoms with Crippen LogP contribution in [-0.4, -0.2) is 51.3 Å². The fourth-order valence-electron chi connectivity index (χ4n) is 8.43. The first-order chi connectivity index (χ1) is 22.0. The molecule has 2 fully saturated rings. The molecular formula is C36H43ClN2O6S. The van der Waals surface area contributed by atoms with Crippen molar-refractivity contribution in [2.24, 2.45) is 23.7 Å². The lowest BCUT2D eigenvalue weighted by molar-refractivity contribution is -0.149. The van der Waals surface area contributed by atoms with Gasteiger partial charge in [-0.05, 0) is 124 Å². The van der Waals surface area contributed by atoms with Crippen molar-refractivity contribution >= 4 is 39.2 Å². The minimum absolute atomic E-state index is 0.134. The Morgan fingerprint density at radius 3 is 2.63 bits per heavy atom. The number of halogens is 1. The van der Waals surface area contributed by atoms with E-state index in [2.05, 4.69) is 21.8 Å². The number of allylic oxidation sites excluding steroid dienone is 1. The minimum atomic E-state index is -3.96. The average molecular weight is 667 g/mol. The van der Waals surface area contributed by atoms with E-state index in [9.17, 15) is 18.0 Å². The van der Waals surface area contributed by atoms with E-state index in [0.29, 0.717) is 37.8 Å². The van der Waals surface area contributed by atoms with Gasteiger partial charge >= 0.3 is 5.97 Å². The van der Waals surface area contributed by atoms with Crippen LogP contribution in [0.3, 0.4) is 0 Å². The molecule has 0 radical (unpaired) electrons. The van der Waals surface area contributed by atoms with Gasteiger partial charge in [0.1, 0.15) is 11.9 Å². The molecule has 246 valence electrons. The highest BCUT2D eigenvalue weighted by molar-refractivity contribution is 7.90. The number of nitrogens with zero attached hydrogens (tertiary/aromatic N) is 1. The van der Waals surface area contributed by atoms with E-state index in [0.717, 1.165) is 55.7 Å². The molecule has 0 saturated heterocycles. The lowest BCUT2D eigenvalue weighted by Gasteiger charge is -2.46. The molecule has 0 unspecified atom stereocenters. The molecule has 46 heavy (non-hydrogen) atoms. The lowest BCUT2D eigenvalue weighted by atomic mass is 9.68. The van der Waals surface area contributed by atoms with Gasteiger partial charge in [-0.1, -0.05) is 23.7 Å². The molecular weight excluding hydrogens is 624 g/mol. The Morgan fingerprint density at radius 1 is 1.09 bits per heavy atom. The number of sulfonamides is 1. The zero-order valence-electron chi connectivity index (χ0n) is 26.5. The quantitative estimate of drug-likeness (QED) is 0.301. The van der Waals surface area contributed by atoms with E-state index < -0.39 is 21.2 Å². The van der Waals surface area contributed by atoms with Crippen molar-refractivity contribution in [1.29, 1.82) is 0 Å². The average Bonchev–Trinajstić information content (AvgIpc) is 3.84. The number of aryl methyl sites for hydroxylation is 1. The zero-order chi connectivity index (χ0) is 32.2. The van der Waals surface area contributed by atoms with Gasteiger partial charge in [0.05, 0.1) is 17.5 Å². The fourth-order valence-corrected chi connectivity index (χ4v) is 9.98. The monoisotopic (exact) mass is 666 g/mol. The van der Waals surface area contributed by atoms with E-state index in [1.165, 1.54) is 18.1 Å². The molecule has 2 aromatic carbocycles. The van der Waals surface area contributed by atoms with E-state index >= 15 is 0 Å². The summed E-state index contributed by atoms with van der Waals surface area (Å²) in [6.45, 7) is 5.00. The van der Waals surface area contributed by atoms with Gasteiger partial charge in [0.25, 0.3) is 5.91 Å². The van der Waals surface area contributed by atoms with Crippen molar-refractivity contribution in [3.8, 4) is 5.75 Å². The van der Waals surface area contributed by atoms with Crippen molar-refractivity contribution in [2.75, 3.05) is 24.6 Å². The first kappa shape index (κ1) is 31.6. The van der Waals surface area contributed by atoms with Crippen LogP contribution in [0.25, 0.3) is 0 Å². The Morgan fingerprint density at radius 2 is 1.89 bits per heavy atom. The molecule has 7 rings (SSSR count). The number of fused-ring (bicyclic) bond motifs is 4. The largest absolute Gasteiger partial charge is 0.490 e. The highest BCUT2D eigenvalue weighted by Crippen LogP contribution is 2.47. The maximum Gasteiger partial charge on any atom is 0.303 e. The predicted octanol–water partition coefficient (Wildman–Crippen LogP) is 6.21. The first-order valence-electron chi connectivity index (χ1n) is 16.7. The molecule has 1 amide bonds. The summed E-state index contributed by atoms with van der Waals surface area (Å²) in [6.07, 6.45) is 11.0. The molecule has 1 N–H and O–H groups in total. The molecule has 2 aliphatic heterocycles. The van der Waals surface area contributed by atoms with E-state index in [1.54, 1.807) is 25.1 Å². The third-order valence-electron chi connectivity index (χ3n) is 11.2. The number of rotatable bonds is 2. The zero-order valence-corrected chi connectivity index (χ0v) is 28.1. The number of ether oxygens (including phenoxy) is 2. The van der Waals surface area contributed by atoms with Gasteiger partial charge in [-0.15, -0.1) is 0 Å². The number of esters is 1. The Kier molecular flexibility index (Phi) is 8.37. The summed E-state index contributed by atoms with van der Waals surface area (Å²) < 4.78 is 42.1. The van der Waals surface area contributed by atoms with Gasteiger partial charge in [-0.2, -0.15) is 0 Å². The third-order valence-corrected chi connectivity index (χ3v) is 13.3. The standard InChI is InChI=1S/C36H43ClN2O6S/c1-22-29(24-8-9-24)6-3-7-33(45-23(2)40)30-13-10-27(30)19-39-20-36(16-4-5-25-17-28(37)12-14-31(25)36)21-44-34-15-11-26(18-32(34)39)35(41)38-46(22,42)43/h3,7,11-12,14-15,17-18,22,24,27,29-30,33H,4-6,8-10,13,16,19-21H2,1-2H3,(H,38,41)/b7-3-/t22-,27-,29+,30+,33-,36-/m0/s1. The highest BCUT2D eigenvalue weighted by atomic mass is 35.5.